The second-order valence-corrected chi connectivity index (χ2v) is 4.42. The molecular formula is C11H18N4. The van der Waals surface area contributed by atoms with E-state index in [4.69, 9.17) is 5.73 Å². The Bertz CT molecular complexity index is 326. The van der Waals surface area contributed by atoms with Crippen molar-refractivity contribution in [2.45, 2.75) is 26.7 Å². The van der Waals surface area contributed by atoms with Crippen LogP contribution in [0.5, 0.6) is 0 Å². The van der Waals surface area contributed by atoms with E-state index in [-0.39, 0.29) is 0 Å². The Balaban J connectivity index is 1.91. The molecule has 1 aliphatic carbocycles. The van der Waals surface area contributed by atoms with Gasteiger partial charge in [-0.1, -0.05) is 6.92 Å². The number of nitrogens with two attached hydrogens (primary N) is 1. The molecule has 1 saturated carbocycles. The van der Waals surface area contributed by atoms with Gasteiger partial charge in [0.25, 0.3) is 0 Å². The van der Waals surface area contributed by atoms with Gasteiger partial charge >= 0.3 is 0 Å². The Morgan fingerprint density at radius 3 is 2.87 bits per heavy atom. The molecule has 3 N–H and O–H groups in total. The number of hydrogen-bond acceptors (Lipinski definition) is 4. The number of rotatable bonds is 4. The SMILES string of the molecule is Cc1nc(N)cc(NCC(C)C2CC2)n1. The van der Waals surface area contributed by atoms with E-state index < -0.39 is 0 Å². The van der Waals surface area contributed by atoms with E-state index in [1.807, 2.05) is 6.92 Å². The van der Waals surface area contributed by atoms with Crippen LogP contribution in [0.3, 0.4) is 0 Å². The third kappa shape index (κ3) is 2.81. The van der Waals surface area contributed by atoms with E-state index in [0.29, 0.717) is 5.82 Å². The first kappa shape index (κ1) is 10.2. The van der Waals surface area contributed by atoms with Crippen LogP contribution in [0.4, 0.5) is 11.6 Å². The average Bonchev–Trinajstić information content (AvgIpc) is 2.95. The number of aromatic nitrogens is 2. The molecule has 0 aromatic carbocycles. The Hall–Kier alpha value is -1.32. The maximum Gasteiger partial charge on any atom is 0.131 e. The summed E-state index contributed by atoms with van der Waals surface area (Å²) in [4.78, 5) is 8.32. The molecule has 1 aromatic heterocycles. The number of nitrogens with one attached hydrogen (secondary N) is 1. The zero-order valence-electron chi connectivity index (χ0n) is 9.33. The molecule has 1 aromatic rings. The van der Waals surface area contributed by atoms with Gasteiger partial charge in [0.2, 0.25) is 0 Å². The van der Waals surface area contributed by atoms with E-state index in [9.17, 15) is 0 Å². The van der Waals surface area contributed by atoms with Crippen LogP contribution < -0.4 is 11.1 Å². The minimum absolute atomic E-state index is 0.532. The molecule has 4 heteroatoms. The molecule has 15 heavy (non-hydrogen) atoms. The summed E-state index contributed by atoms with van der Waals surface area (Å²) >= 11 is 0. The highest BCUT2D eigenvalue weighted by Gasteiger charge is 2.27. The van der Waals surface area contributed by atoms with Crippen molar-refractivity contribution in [3.05, 3.63) is 11.9 Å². The lowest BCUT2D eigenvalue weighted by Crippen LogP contribution is -2.14. The summed E-state index contributed by atoms with van der Waals surface area (Å²) in [6, 6.07) is 1.78. The minimum Gasteiger partial charge on any atom is -0.384 e. The number of hydrogen-bond donors (Lipinski definition) is 2. The van der Waals surface area contributed by atoms with Crippen LogP contribution in [0.2, 0.25) is 0 Å². The summed E-state index contributed by atoms with van der Waals surface area (Å²) in [5.74, 6) is 3.73. The summed E-state index contributed by atoms with van der Waals surface area (Å²) in [6.07, 6.45) is 2.77. The standard InChI is InChI=1S/C11H18N4/c1-7(9-3-4-9)6-13-11-5-10(12)14-8(2)15-11/h5,7,9H,3-4,6H2,1-2H3,(H3,12,13,14,15). The van der Waals surface area contributed by atoms with Crippen molar-refractivity contribution in [2.75, 3.05) is 17.6 Å². The lowest BCUT2D eigenvalue weighted by atomic mass is 10.1. The van der Waals surface area contributed by atoms with Crippen LogP contribution in [0.25, 0.3) is 0 Å². The van der Waals surface area contributed by atoms with Crippen LogP contribution in [0.1, 0.15) is 25.6 Å². The Kier molecular flexibility index (Phi) is 2.75. The highest BCUT2D eigenvalue weighted by Crippen LogP contribution is 2.36. The molecule has 2 rings (SSSR count). The zero-order valence-corrected chi connectivity index (χ0v) is 9.33. The highest BCUT2D eigenvalue weighted by atomic mass is 15.0. The number of nitrogen functional groups attached to an aromatic ring is 1. The Morgan fingerprint density at radius 2 is 2.27 bits per heavy atom. The van der Waals surface area contributed by atoms with Gasteiger partial charge in [0.15, 0.2) is 0 Å². The van der Waals surface area contributed by atoms with Crippen molar-refractivity contribution in [1.29, 1.82) is 0 Å². The lowest BCUT2D eigenvalue weighted by Gasteiger charge is -2.12. The van der Waals surface area contributed by atoms with Gasteiger partial charge in [-0.3, -0.25) is 0 Å². The molecule has 4 nitrogen and oxygen atoms in total. The molecule has 1 unspecified atom stereocenters. The molecule has 1 aliphatic rings. The monoisotopic (exact) mass is 206 g/mol. The second kappa shape index (κ2) is 4.04. The van der Waals surface area contributed by atoms with Gasteiger partial charge in [-0.05, 0) is 31.6 Å². The molecule has 0 amide bonds. The molecule has 0 bridgehead atoms. The number of anilines is 2. The van der Waals surface area contributed by atoms with Crippen LogP contribution in [-0.2, 0) is 0 Å². The quantitative estimate of drug-likeness (QED) is 0.788. The van der Waals surface area contributed by atoms with E-state index in [1.54, 1.807) is 6.07 Å². The predicted octanol–water partition coefficient (Wildman–Crippen LogP) is 1.83. The van der Waals surface area contributed by atoms with Crippen LogP contribution in [0, 0.1) is 18.8 Å². The second-order valence-electron chi connectivity index (χ2n) is 4.42. The molecule has 1 heterocycles. The van der Waals surface area contributed by atoms with Crippen LogP contribution in [-0.4, -0.2) is 16.5 Å². The van der Waals surface area contributed by atoms with Crippen molar-refractivity contribution in [2.24, 2.45) is 11.8 Å². The first-order valence-electron chi connectivity index (χ1n) is 5.50. The minimum atomic E-state index is 0.532. The van der Waals surface area contributed by atoms with E-state index in [1.165, 1.54) is 12.8 Å². The molecular weight excluding hydrogens is 188 g/mol. The predicted molar refractivity (Wildman–Crippen MR) is 61.6 cm³/mol. The van der Waals surface area contributed by atoms with Gasteiger partial charge in [0.05, 0.1) is 0 Å². The van der Waals surface area contributed by atoms with Gasteiger partial charge in [-0.2, -0.15) is 0 Å². The molecule has 0 aliphatic heterocycles. The highest BCUT2D eigenvalue weighted by molar-refractivity contribution is 5.44. The zero-order chi connectivity index (χ0) is 10.8. The van der Waals surface area contributed by atoms with Gasteiger partial charge in [-0.15, -0.1) is 0 Å². The fourth-order valence-electron chi connectivity index (χ4n) is 1.78. The third-order valence-corrected chi connectivity index (χ3v) is 2.89. The summed E-state index contributed by atoms with van der Waals surface area (Å²) in [5, 5.41) is 3.32. The molecule has 0 radical (unpaired) electrons. The topological polar surface area (TPSA) is 63.8 Å². The first-order valence-corrected chi connectivity index (χ1v) is 5.50. The van der Waals surface area contributed by atoms with Gasteiger partial charge in [-0.25, -0.2) is 9.97 Å². The normalized spacial score (nSPS) is 17.5. The average molecular weight is 206 g/mol. The van der Waals surface area contributed by atoms with Gasteiger partial charge in [0.1, 0.15) is 17.5 Å². The largest absolute Gasteiger partial charge is 0.384 e. The number of nitrogens with zero attached hydrogens (tertiary/aromatic N) is 2. The Morgan fingerprint density at radius 1 is 1.53 bits per heavy atom. The van der Waals surface area contributed by atoms with E-state index in [2.05, 4.69) is 22.2 Å². The van der Waals surface area contributed by atoms with Crippen molar-refractivity contribution in [3.8, 4) is 0 Å². The van der Waals surface area contributed by atoms with Gasteiger partial charge < -0.3 is 11.1 Å². The number of aryl methyl sites for hydroxylation is 1. The first-order chi connectivity index (χ1) is 7.15. The van der Waals surface area contributed by atoms with E-state index in [0.717, 1.165) is 30.0 Å². The van der Waals surface area contributed by atoms with Crippen molar-refractivity contribution in [3.63, 3.8) is 0 Å². The molecule has 82 valence electrons. The maximum absolute atomic E-state index is 5.65. The van der Waals surface area contributed by atoms with Gasteiger partial charge in [0, 0.05) is 12.6 Å². The smallest absolute Gasteiger partial charge is 0.131 e. The molecule has 0 spiro atoms. The van der Waals surface area contributed by atoms with Crippen molar-refractivity contribution >= 4 is 11.6 Å². The fraction of sp³-hybridized carbons (Fsp3) is 0.636. The molecule has 0 saturated heterocycles. The fourth-order valence-corrected chi connectivity index (χ4v) is 1.78. The summed E-state index contributed by atoms with van der Waals surface area (Å²) in [6.45, 7) is 5.11. The van der Waals surface area contributed by atoms with Crippen molar-refractivity contribution < 1.29 is 0 Å². The van der Waals surface area contributed by atoms with E-state index >= 15 is 0 Å². The third-order valence-electron chi connectivity index (χ3n) is 2.89. The molecule has 1 fully saturated rings. The van der Waals surface area contributed by atoms with Crippen LogP contribution in [0.15, 0.2) is 6.07 Å². The van der Waals surface area contributed by atoms with Crippen molar-refractivity contribution in [1.82, 2.24) is 9.97 Å². The lowest BCUT2D eigenvalue weighted by molar-refractivity contribution is 0.536. The maximum atomic E-state index is 5.65. The molecule has 1 atom stereocenters. The summed E-state index contributed by atoms with van der Waals surface area (Å²) in [7, 11) is 0. The Labute approximate surface area is 90.3 Å². The van der Waals surface area contributed by atoms with Crippen LogP contribution >= 0.6 is 0 Å². The summed E-state index contributed by atoms with van der Waals surface area (Å²) in [5.41, 5.74) is 5.65. The summed E-state index contributed by atoms with van der Waals surface area (Å²) < 4.78 is 0.